The minimum atomic E-state index is -0.812. The molecule has 0 aliphatic carbocycles. The van der Waals surface area contributed by atoms with Crippen LogP contribution in [-0.2, 0) is 20.7 Å². The number of methoxy groups -OCH3 is 1. The second kappa shape index (κ2) is 8.53. The van der Waals surface area contributed by atoms with E-state index in [0.29, 0.717) is 25.3 Å². The highest BCUT2D eigenvalue weighted by molar-refractivity contribution is 5.77. The van der Waals surface area contributed by atoms with Gasteiger partial charge in [0.25, 0.3) is 5.91 Å². The Morgan fingerprint density at radius 1 is 1.22 bits per heavy atom. The van der Waals surface area contributed by atoms with Crippen molar-refractivity contribution in [3.8, 4) is 5.75 Å². The van der Waals surface area contributed by atoms with Crippen LogP contribution in [0.15, 0.2) is 24.3 Å². The summed E-state index contributed by atoms with van der Waals surface area (Å²) in [4.78, 5) is 24.4. The van der Waals surface area contributed by atoms with Crippen LogP contribution in [0.2, 0.25) is 0 Å². The fourth-order valence-corrected chi connectivity index (χ4v) is 2.58. The first-order chi connectivity index (χ1) is 11.1. The van der Waals surface area contributed by atoms with Gasteiger partial charge in [-0.1, -0.05) is 12.1 Å². The molecule has 6 nitrogen and oxygen atoms in total. The van der Waals surface area contributed by atoms with Crippen LogP contribution in [0.1, 0.15) is 24.8 Å². The molecule has 0 atom stereocenters. The van der Waals surface area contributed by atoms with Gasteiger partial charge in [-0.15, -0.1) is 0 Å². The molecule has 6 heteroatoms. The second-order valence-corrected chi connectivity index (χ2v) is 5.64. The van der Waals surface area contributed by atoms with Gasteiger partial charge in [0.05, 0.1) is 6.10 Å². The molecular weight excluding hydrogens is 298 g/mol. The Kier molecular flexibility index (Phi) is 6.40. The lowest BCUT2D eigenvalue weighted by Gasteiger charge is -2.31. The molecule has 1 heterocycles. The first-order valence-corrected chi connectivity index (χ1v) is 7.82. The minimum Gasteiger partial charge on any atom is -0.484 e. The summed E-state index contributed by atoms with van der Waals surface area (Å²) in [5.74, 6) is -0.216. The molecule has 126 valence electrons. The molecule has 1 aliphatic heterocycles. The van der Waals surface area contributed by atoms with E-state index in [0.717, 1.165) is 18.4 Å². The molecule has 1 amide bonds. The molecule has 23 heavy (non-hydrogen) atoms. The van der Waals surface area contributed by atoms with E-state index in [-0.39, 0.29) is 25.0 Å². The first kappa shape index (κ1) is 17.3. The zero-order valence-corrected chi connectivity index (χ0v) is 13.4. The van der Waals surface area contributed by atoms with E-state index in [1.807, 2.05) is 12.1 Å². The van der Waals surface area contributed by atoms with Crippen LogP contribution < -0.4 is 4.74 Å². The number of benzene rings is 1. The molecule has 0 radical (unpaired) electrons. The van der Waals surface area contributed by atoms with Crippen LogP contribution in [0, 0.1) is 0 Å². The van der Waals surface area contributed by atoms with Crippen LogP contribution in [0.25, 0.3) is 0 Å². The van der Waals surface area contributed by atoms with E-state index in [1.165, 1.54) is 0 Å². The van der Waals surface area contributed by atoms with E-state index >= 15 is 0 Å². The van der Waals surface area contributed by atoms with Crippen molar-refractivity contribution >= 4 is 11.9 Å². The van der Waals surface area contributed by atoms with E-state index in [4.69, 9.17) is 14.6 Å². The normalized spacial score (nSPS) is 15.4. The van der Waals surface area contributed by atoms with Gasteiger partial charge in [0.15, 0.2) is 6.61 Å². The van der Waals surface area contributed by atoms with Gasteiger partial charge < -0.3 is 19.5 Å². The fraction of sp³-hybridized carbons (Fsp3) is 0.529. The summed E-state index contributed by atoms with van der Waals surface area (Å²) in [6.45, 7) is 1.43. The third kappa shape index (κ3) is 5.56. The third-order valence-corrected chi connectivity index (χ3v) is 4.04. The van der Waals surface area contributed by atoms with Crippen molar-refractivity contribution in [1.29, 1.82) is 0 Å². The van der Waals surface area contributed by atoms with Gasteiger partial charge in [-0.2, -0.15) is 0 Å². The Hall–Kier alpha value is -2.08. The number of ether oxygens (including phenoxy) is 2. The summed E-state index contributed by atoms with van der Waals surface area (Å²) >= 11 is 0. The Morgan fingerprint density at radius 3 is 2.43 bits per heavy atom. The maximum absolute atomic E-state index is 12.1. The zero-order valence-electron chi connectivity index (χ0n) is 13.4. The molecule has 1 N–H and O–H groups in total. The maximum atomic E-state index is 12.1. The summed E-state index contributed by atoms with van der Waals surface area (Å²) in [6.07, 6.45) is 2.57. The number of likely N-dealkylation sites (tertiary alicyclic amines) is 1. The van der Waals surface area contributed by atoms with Gasteiger partial charge in [0, 0.05) is 26.6 Å². The molecule has 0 bridgehead atoms. The summed E-state index contributed by atoms with van der Waals surface area (Å²) in [5.41, 5.74) is 0.938. The molecule has 1 saturated heterocycles. The molecule has 0 spiro atoms. The summed E-state index contributed by atoms with van der Waals surface area (Å²) in [5, 5.41) is 8.66. The van der Waals surface area contributed by atoms with Crippen LogP contribution in [0.3, 0.4) is 0 Å². The Balaban J connectivity index is 1.75. The predicted molar refractivity (Wildman–Crippen MR) is 84.5 cm³/mol. The van der Waals surface area contributed by atoms with E-state index in [9.17, 15) is 9.59 Å². The molecule has 2 rings (SSSR count). The third-order valence-electron chi connectivity index (χ3n) is 4.04. The molecule has 0 unspecified atom stereocenters. The van der Waals surface area contributed by atoms with Gasteiger partial charge in [-0.3, -0.25) is 9.59 Å². The molecular formula is C17H23NO5. The SMILES string of the molecule is COC1CCN(C(=O)COc2ccc(CCC(=O)O)cc2)CC1. The van der Waals surface area contributed by atoms with Crippen molar-refractivity contribution in [3.05, 3.63) is 29.8 Å². The highest BCUT2D eigenvalue weighted by Gasteiger charge is 2.22. The Morgan fingerprint density at radius 2 is 1.87 bits per heavy atom. The number of carbonyl (C=O) groups is 2. The van der Waals surface area contributed by atoms with Gasteiger partial charge in [0.2, 0.25) is 0 Å². The fourth-order valence-electron chi connectivity index (χ4n) is 2.58. The molecule has 1 fully saturated rings. The van der Waals surface area contributed by atoms with Crippen LogP contribution in [0.5, 0.6) is 5.75 Å². The topological polar surface area (TPSA) is 76.1 Å². The van der Waals surface area contributed by atoms with Crippen molar-refractivity contribution in [3.63, 3.8) is 0 Å². The minimum absolute atomic E-state index is 0.0190. The molecule has 1 aromatic rings. The number of hydrogen-bond donors (Lipinski definition) is 1. The lowest BCUT2D eigenvalue weighted by atomic mass is 10.1. The van der Waals surface area contributed by atoms with Crippen molar-refractivity contribution in [1.82, 2.24) is 4.90 Å². The summed E-state index contributed by atoms with van der Waals surface area (Å²) in [6, 6.07) is 7.18. The number of amides is 1. The highest BCUT2D eigenvalue weighted by Crippen LogP contribution is 2.15. The number of piperidine rings is 1. The predicted octanol–water partition coefficient (Wildman–Crippen LogP) is 1.72. The number of nitrogens with zero attached hydrogens (tertiary/aromatic N) is 1. The second-order valence-electron chi connectivity index (χ2n) is 5.64. The largest absolute Gasteiger partial charge is 0.484 e. The van der Waals surface area contributed by atoms with Crippen LogP contribution >= 0.6 is 0 Å². The van der Waals surface area contributed by atoms with Gasteiger partial charge in [-0.05, 0) is 37.0 Å². The molecule has 1 aliphatic rings. The number of aryl methyl sites for hydroxylation is 1. The number of hydrogen-bond acceptors (Lipinski definition) is 4. The van der Waals surface area contributed by atoms with Gasteiger partial charge in [-0.25, -0.2) is 0 Å². The number of carboxylic acid groups (broad SMARTS) is 1. The molecule has 0 aromatic heterocycles. The standard InChI is InChI=1S/C17H23NO5/c1-22-14-8-10-18(11-9-14)16(19)12-23-15-5-2-13(3-6-15)4-7-17(20)21/h2-3,5-6,14H,4,7-12H2,1H3,(H,20,21). The monoisotopic (exact) mass is 321 g/mol. The van der Waals surface area contributed by atoms with Crippen LogP contribution in [0.4, 0.5) is 0 Å². The number of carbonyl (C=O) groups excluding carboxylic acids is 1. The van der Waals surface area contributed by atoms with Crippen molar-refractivity contribution < 1.29 is 24.2 Å². The van der Waals surface area contributed by atoms with E-state index in [1.54, 1.807) is 24.1 Å². The first-order valence-electron chi connectivity index (χ1n) is 7.82. The number of aliphatic carboxylic acids is 1. The average molecular weight is 321 g/mol. The quantitative estimate of drug-likeness (QED) is 0.827. The van der Waals surface area contributed by atoms with Crippen molar-refractivity contribution in [2.75, 3.05) is 26.8 Å². The molecule has 1 aromatic carbocycles. The van der Waals surface area contributed by atoms with E-state index in [2.05, 4.69) is 0 Å². The van der Waals surface area contributed by atoms with Gasteiger partial charge in [0.1, 0.15) is 5.75 Å². The number of rotatable bonds is 7. The number of carboxylic acids is 1. The van der Waals surface area contributed by atoms with Crippen molar-refractivity contribution in [2.24, 2.45) is 0 Å². The highest BCUT2D eigenvalue weighted by atomic mass is 16.5. The summed E-state index contributed by atoms with van der Waals surface area (Å²) in [7, 11) is 1.70. The maximum Gasteiger partial charge on any atom is 0.303 e. The van der Waals surface area contributed by atoms with Crippen LogP contribution in [-0.4, -0.2) is 54.8 Å². The summed E-state index contributed by atoms with van der Waals surface area (Å²) < 4.78 is 10.8. The zero-order chi connectivity index (χ0) is 16.7. The average Bonchev–Trinajstić information content (AvgIpc) is 2.58. The van der Waals surface area contributed by atoms with Crippen molar-refractivity contribution in [2.45, 2.75) is 31.8 Å². The lowest BCUT2D eigenvalue weighted by Crippen LogP contribution is -2.42. The molecule has 0 saturated carbocycles. The Labute approximate surface area is 136 Å². The Bertz CT molecular complexity index is 520. The van der Waals surface area contributed by atoms with E-state index < -0.39 is 5.97 Å². The lowest BCUT2D eigenvalue weighted by molar-refractivity contribution is -0.137. The van der Waals surface area contributed by atoms with Gasteiger partial charge >= 0.3 is 5.97 Å². The smallest absolute Gasteiger partial charge is 0.303 e.